The number of hydrogen-bond donors (Lipinski definition) is 1. The first-order chi connectivity index (χ1) is 9.51. The van der Waals surface area contributed by atoms with Gasteiger partial charge in [-0.25, -0.2) is 0 Å². The van der Waals surface area contributed by atoms with Crippen LogP contribution in [0.4, 0.5) is 0 Å². The molecule has 0 saturated carbocycles. The molecular formula is C15H19Br2N3. The molecule has 0 aliphatic carbocycles. The van der Waals surface area contributed by atoms with E-state index in [2.05, 4.69) is 66.5 Å². The van der Waals surface area contributed by atoms with Crippen molar-refractivity contribution in [2.45, 2.75) is 25.8 Å². The summed E-state index contributed by atoms with van der Waals surface area (Å²) < 4.78 is 4.20. The Kier molecular flexibility index (Phi) is 5.41. The third-order valence-corrected chi connectivity index (χ3v) is 5.07. The number of rotatable bonds is 5. The normalized spacial score (nSPS) is 12.7. The van der Waals surface area contributed by atoms with E-state index in [9.17, 15) is 0 Å². The van der Waals surface area contributed by atoms with E-state index in [0.717, 1.165) is 27.5 Å². The number of nitrogens with zero attached hydrogens (tertiary/aromatic N) is 2. The summed E-state index contributed by atoms with van der Waals surface area (Å²) >= 11 is 7.11. The van der Waals surface area contributed by atoms with Crippen LogP contribution in [0.25, 0.3) is 0 Å². The molecule has 1 N–H and O–H groups in total. The Labute approximate surface area is 137 Å². The highest BCUT2D eigenvalue weighted by Gasteiger charge is 2.16. The molecule has 0 aliphatic heterocycles. The Balaban J connectivity index is 2.11. The van der Waals surface area contributed by atoms with E-state index in [1.54, 1.807) is 0 Å². The molecule has 1 aromatic heterocycles. The van der Waals surface area contributed by atoms with Gasteiger partial charge in [0.25, 0.3) is 0 Å². The van der Waals surface area contributed by atoms with E-state index < -0.39 is 0 Å². The van der Waals surface area contributed by atoms with E-state index in [0.29, 0.717) is 6.04 Å². The number of benzene rings is 1. The molecule has 0 spiro atoms. The highest BCUT2D eigenvalue weighted by atomic mass is 79.9. The zero-order valence-electron chi connectivity index (χ0n) is 12.0. The van der Waals surface area contributed by atoms with Crippen LogP contribution in [0.5, 0.6) is 0 Å². The zero-order chi connectivity index (χ0) is 14.7. The summed E-state index contributed by atoms with van der Waals surface area (Å²) in [4.78, 5) is 0. The van der Waals surface area contributed by atoms with Crippen molar-refractivity contribution < 1.29 is 0 Å². The van der Waals surface area contributed by atoms with Crippen LogP contribution < -0.4 is 5.32 Å². The van der Waals surface area contributed by atoms with Crippen molar-refractivity contribution in [1.82, 2.24) is 15.1 Å². The molecule has 20 heavy (non-hydrogen) atoms. The van der Waals surface area contributed by atoms with Crippen LogP contribution in [0.2, 0.25) is 0 Å². The average Bonchev–Trinajstić information content (AvgIpc) is 2.66. The van der Waals surface area contributed by atoms with Gasteiger partial charge < -0.3 is 5.32 Å². The standard InChI is InChI=1S/C15H19Br2N3/c1-10-15(17)14(20(3)19-10)9-13(18-2)8-11-4-6-12(16)7-5-11/h4-7,13,18H,8-9H2,1-3H3. The number of likely N-dealkylation sites (N-methyl/N-ethyl adjacent to an activating group) is 1. The lowest BCUT2D eigenvalue weighted by molar-refractivity contribution is 0.532. The second-order valence-electron chi connectivity index (χ2n) is 4.99. The van der Waals surface area contributed by atoms with Crippen molar-refractivity contribution in [2.24, 2.45) is 7.05 Å². The molecule has 108 valence electrons. The fourth-order valence-corrected chi connectivity index (χ4v) is 3.08. The first kappa shape index (κ1) is 15.7. The van der Waals surface area contributed by atoms with Gasteiger partial charge in [-0.2, -0.15) is 5.10 Å². The largest absolute Gasteiger partial charge is 0.316 e. The van der Waals surface area contributed by atoms with E-state index in [-0.39, 0.29) is 0 Å². The molecule has 2 aromatic rings. The Morgan fingerprint density at radius 2 is 1.85 bits per heavy atom. The number of aryl methyl sites for hydroxylation is 2. The molecule has 0 fully saturated rings. The minimum absolute atomic E-state index is 0.391. The lowest BCUT2D eigenvalue weighted by Crippen LogP contribution is -2.30. The van der Waals surface area contributed by atoms with Crippen LogP contribution in [0, 0.1) is 6.92 Å². The molecule has 0 amide bonds. The third-order valence-electron chi connectivity index (χ3n) is 3.50. The number of nitrogens with one attached hydrogen (secondary N) is 1. The average molecular weight is 401 g/mol. The second-order valence-corrected chi connectivity index (χ2v) is 6.70. The minimum atomic E-state index is 0.391. The Bertz CT molecular complexity index is 576. The fraction of sp³-hybridized carbons (Fsp3) is 0.400. The molecule has 1 heterocycles. The van der Waals surface area contributed by atoms with E-state index >= 15 is 0 Å². The summed E-state index contributed by atoms with van der Waals surface area (Å²) in [5.41, 5.74) is 3.61. The van der Waals surface area contributed by atoms with Gasteiger partial charge in [-0.05, 0) is 54.0 Å². The Hall–Kier alpha value is -0.650. The van der Waals surface area contributed by atoms with Crippen LogP contribution >= 0.6 is 31.9 Å². The highest BCUT2D eigenvalue weighted by molar-refractivity contribution is 9.10. The topological polar surface area (TPSA) is 29.9 Å². The second kappa shape index (κ2) is 6.87. The van der Waals surface area contributed by atoms with Crippen LogP contribution in [0.3, 0.4) is 0 Å². The van der Waals surface area contributed by atoms with Gasteiger partial charge >= 0.3 is 0 Å². The minimum Gasteiger partial charge on any atom is -0.316 e. The third kappa shape index (κ3) is 3.71. The summed E-state index contributed by atoms with van der Waals surface area (Å²) in [6.07, 6.45) is 1.95. The van der Waals surface area contributed by atoms with Gasteiger partial charge in [-0.1, -0.05) is 28.1 Å². The summed E-state index contributed by atoms with van der Waals surface area (Å²) in [6.45, 7) is 2.02. The van der Waals surface area contributed by atoms with E-state index in [1.165, 1.54) is 11.3 Å². The predicted octanol–water partition coefficient (Wildman–Crippen LogP) is 3.63. The van der Waals surface area contributed by atoms with Gasteiger partial charge in [0.1, 0.15) is 0 Å². The first-order valence-electron chi connectivity index (χ1n) is 6.61. The van der Waals surface area contributed by atoms with Crippen molar-refractivity contribution >= 4 is 31.9 Å². The maximum atomic E-state index is 4.45. The maximum absolute atomic E-state index is 4.45. The molecule has 2 rings (SSSR count). The smallest absolute Gasteiger partial charge is 0.0738 e. The van der Waals surface area contributed by atoms with Crippen molar-refractivity contribution in [2.75, 3.05) is 7.05 Å². The SMILES string of the molecule is CNC(Cc1ccc(Br)cc1)Cc1c(Br)c(C)nn1C. The van der Waals surface area contributed by atoms with Crippen LogP contribution in [-0.4, -0.2) is 22.9 Å². The van der Waals surface area contributed by atoms with E-state index in [1.807, 2.05) is 25.7 Å². The monoisotopic (exact) mass is 399 g/mol. The van der Waals surface area contributed by atoms with E-state index in [4.69, 9.17) is 0 Å². The Morgan fingerprint density at radius 3 is 2.35 bits per heavy atom. The van der Waals surface area contributed by atoms with Crippen molar-refractivity contribution in [1.29, 1.82) is 0 Å². The molecule has 1 unspecified atom stereocenters. The number of aromatic nitrogens is 2. The van der Waals surface area contributed by atoms with Crippen molar-refractivity contribution in [3.05, 3.63) is 50.2 Å². The zero-order valence-corrected chi connectivity index (χ0v) is 15.1. The first-order valence-corrected chi connectivity index (χ1v) is 8.19. The van der Waals surface area contributed by atoms with Gasteiger partial charge in [-0.15, -0.1) is 0 Å². The van der Waals surface area contributed by atoms with Gasteiger partial charge in [0, 0.05) is 24.0 Å². The Morgan fingerprint density at radius 1 is 1.20 bits per heavy atom. The molecule has 0 bridgehead atoms. The molecule has 5 heteroatoms. The molecular weight excluding hydrogens is 382 g/mol. The molecule has 0 saturated heterocycles. The van der Waals surface area contributed by atoms with Gasteiger partial charge in [0.05, 0.1) is 15.9 Å². The van der Waals surface area contributed by atoms with Gasteiger partial charge in [0.15, 0.2) is 0 Å². The highest BCUT2D eigenvalue weighted by Crippen LogP contribution is 2.22. The fourth-order valence-electron chi connectivity index (χ4n) is 2.32. The number of hydrogen-bond acceptors (Lipinski definition) is 2. The molecule has 0 aliphatic rings. The summed E-state index contributed by atoms with van der Waals surface area (Å²) in [5, 5.41) is 7.86. The lowest BCUT2D eigenvalue weighted by Gasteiger charge is -2.17. The predicted molar refractivity (Wildman–Crippen MR) is 90.0 cm³/mol. The van der Waals surface area contributed by atoms with Crippen LogP contribution in [0.15, 0.2) is 33.2 Å². The van der Waals surface area contributed by atoms with Crippen molar-refractivity contribution in [3.63, 3.8) is 0 Å². The van der Waals surface area contributed by atoms with Gasteiger partial charge in [-0.3, -0.25) is 4.68 Å². The maximum Gasteiger partial charge on any atom is 0.0738 e. The van der Waals surface area contributed by atoms with Crippen LogP contribution in [0.1, 0.15) is 17.0 Å². The molecule has 1 atom stereocenters. The van der Waals surface area contributed by atoms with Crippen LogP contribution in [-0.2, 0) is 19.9 Å². The van der Waals surface area contributed by atoms with Crippen molar-refractivity contribution in [3.8, 4) is 0 Å². The summed E-state index contributed by atoms with van der Waals surface area (Å²) in [6, 6.07) is 8.90. The van der Waals surface area contributed by atoms with Gasteiger partial charge in [0.2, 0.25) is 0 Å². The molecule has 1 aromatic carbocycles. The quantitative estimate of drug-likeness (QED) is 0.830. The summed E-state index contributed by atoms with van der Waals surface area (Å²) in [7, 11) is 4.01. The number of halogens is 2. The summed E-state index contributed by atoms with van der Waals surface area (Å²) in [5.74, 6) is 0. The lowest BCUT2D eigenvalue weighted by atomic mass is 10.0. The molecule has 0 radical (unpaired) electrons. The molecule has 3 nitrogen and oxygen atoms in total.